The van der Waals surface area contributed by atoms with Crippen LogP contribution in [0.4, 0.5) is 0 Å². The van der Waals surface area contributed by atoms with Gasteiger partial charge in [-0.25, -0.2) is 0 Å². The minimum Gasteiger partial charge on any atom is -0.0656 e. The molecule has 2 aromatic carbocycles. The van der Waals surface area contributed by atoms with Crippen molar-refractivity contribution in [1.29, 1.82) is 0 Å². The first kappa shape index (κ1) is 18.7. The van der Waals surface area contributed by atoms with Gasteiger partial charge < -0.3 is 0 Å². The van der Waals surface area contributed by atoms with Crippen LogP contribution in [0.15, 0.2) is 72.8 Å². The van der Waals surface area contributed by atoms with Gasteiger partial charge in [-0.05, 0) is 11.1 Å². The van der Waals surface area contributed by atoms with Gasteiger partial charge in [-0.1, -0.05) is 122 Å². The van der Waals surface area contributed by atoms with Gasteiger partial charge in [-0.2, -0.15) is 0 Å². The maximum Gasteiger partial charge on any atom is 0.0783 e. The van der Waals surface area contributed by atoms with E-state index in [4.69, 9.17) is 0 Å². The molecule has 0 atom stereocenters. The van der Waals surface area contributed by atoms with Crippen LogP contribution in [-0.2, 0) is 0 Å². The van der Waals surface area contributed by atoms with Crippen molar-refractivity contribution >= 4 is 26.5 Å². The molecule has 2 rings (SSSR count). The first-order chi connectivity index (χ1) is 11.2. The van der Waals surface area contributed by atoms with Crippen LogP contribution in [0.3, 0.4) is 0 Å². The quantitative estimate of drug-likeness (QED) is 0.406. The number of allylic oxidation sites excluding steroid dienone is 2. The molecule has 0 amide bonds. The third-order valence-corrected chi connectivity index (χ3v) is 8.35. The summed E-state index contributed by atoms with van der Waals surface area (Å²) in [7, 11) is -2.84. The Balaban J connectivity index is 2.56. The third-order valence-electron chi connectivity index (χ3n) is 4.20. The molecule has 0 bridgehead atoms. The normalized spacial score (nSPS) is 13.9. The number of hydrogen-bond donors (Lipinski definition) is 0. The SMILES string of the molecule is C[Si](C)(C)/C(=C\C=C(/c1ccccc1)[Si](C)(C)C)c1ccccc1. The molecule has 0 unspecified atom stereocenters. The zero-order valence-corrected chi connectivity index (χ0v) is 17.9. The largest absolute Gasteiger partial charge is 0.0783 e. The van der Waals surface area contributed by atoms with Crippen LogP contribution in [0.5, 0.6) is 0 Å². The van der Waals surface area contributed by atoms with Gasteiger partial charge in [-0.3, -0.25) is 0 Å². The standard InChI is InChI=1S/C22H30Si2/c1-23(2,3)21(19-13-9-7-10-14-19)17-18-22(24(4,5)6)20-15-11-8-12-16-20/h7-18H,1-6H3/b21-17-,22-18+. The molecule has 0 aromatic heterocycles. The van der Waals surface area contributed by atoms with Crippen molar-refractivity contribution in [3.8, 4) is 0 Å². The molecule has 0 saturated carbocycles. The first-order valence-electron chi connectivity index (χ1n) is 8.73. The Morgan fingerprint density at radius 3 is 1.08 bits per heavy atom. The van der Waals surface area contributed by atoms with E-state index in [1.165, 1.54) is 21.5 Å². The molecule has 0 aliphatic carbocycles. The van der Waals surface area contributed by atoms with Crippen LogP contribution < -0.4 is 0 Å². The lowest BCUT2D eigenvalue weighted by atomic mass is 10.2. The lowest BCUT2D eigenvalue weighted by Gasteiger charge is -2.24. The number of rotatable bonds is 5. The van der Waals surface area contributed by atoms with E-state index < -0.39 is 16.1 Å². The fraction of sp³-hybridized carbons (Fsp3) is 0.273. The van der Waals surface area contributed by atoms with Crippen LogP contribution in [-0.4, -0.2) is 16.1 Å². The van der Waals surface area contributed by atoms with Gasteiger partial charge in [0.2, 0.25) is 0 Å². The molecule has 0 aliphatic heterocycles. The van der Waals surface area contributed by atoms with E-state index in [0.29, 0.717) is 0 Å². The predicted octanol–water partition coefficient (Wildman–Crippen LogP) is 6.91. The molecule has 126 valence electrons. The summed E-state index contributed by atoms with van der Waals surface area (Å²) in [5, 5.41) is 3.05. The minimum absolute atomic E-state index is 1.37. The average molecular weight is 351 g/mol. The first-order valence-corrected chi connectivity index (χ1v) is 15.7. The molecule has 0 heterocycles. The summed E-state index contributed by atoms with van der Waals surface area (Å²) >= 11 is 0. The van der Waals surface area contributed by atoms with Gasteiger partial charge in [0.05, 0.1) is 16.1 Å². The summed E-state index contributed by atoms with van der Waals surface area (Å²) in [4.78, 5) is 0. The molecule has 2 heteroatoms. The summed E-state index contributed by atoms with van der Waals surface area (Å²) in [5.74, 6) is 0. The zero-order chi connectivity index (χ0) is 17.8. The highest BCUT2D eigenvalue weighted by Gasteiger charge is 2.23. The van der Waals surface area contributed by atoms with Gasteiger partial charge in [0.1, 0.15) is 0 Å². The molecular weight excluding hydrogens is 320 g/mol. The summed E-state index contributed by atoms with van der Waals surface area (Å²) in [6.45, 7) is 14.6. The second kappa shape index (κ2) is 7.50. The Labute approximate surface area is 150 Å². The smallest absolute Gasteiger partial charge is 0.0656 e. The van der Waals surface area contributed by atoms with Gasteiger partial charge in [0, 0.05) is 0 Å². The molecule has 24 heavy (non-hydrogen) atoms. The second-order valence-corrected chi connectivity index (χ2v) is 18.5. The lowest BCUT2D eigenvalue weighted by molar-refractivity contribution is 1.60. The molecule has 0 nitrogen and oxygen atoms in total. The lowest BCUT2D eigenvalue weighted by Crippen LogP contribution is -2.24. The van der Waals surface area contributed by atoms with Crippen LogP contribution in [0.1, 0.15) is 11.1 Å². The zero-order valence-electron chi connectivity index (χ0n) is 15.9. The van der Waals surface area contributed by atoms with Crippen LogP contribution in [0.25, 0.3) is 10.4 Å². The maximum atomic E-state index is 2.43. The Bertz CT molecular complexity index is 647. The fourth-order valence-corrected chi connectivity index (χ4v) is 6.19. The van der Waals surface area contributed by atoms with Crippen molar-refractivity contribution in [3.63, 3.8) is 0 Å². The summed E-state index contributed by atoms with van der Waals surface area (Å²) < 4.78 is 0. The molecule has 0 saturated heterocycles. The Morgan fingerprint density at radius 1 is 0.542 bits per heavy atom. The Hall–Kier alpha value is -1.65. The van der Waals surface area contributed by atoms with E-state index in [2.05, 4.69) is 112 Å². The van der Waals surface area contributed by atoms with Crippen molar-refractivity contribution in [1.82, 2.24) is 0 Å². The maximum absolute atomic E-state index is 2.43. The topological polar surface area (TPSA) is 0 Å². The highest BCUT2D eigenvalue weighted by Crippen LogP contribution is 2.29. The van der Waals surface area contributed by atoms with Crippen molar-refractivity contribution in [2.75, 3.05) is 0 Å². The van der Waals surface area contributed by atoms with Crippen LogP contribution in [0, 0.1) is 0 Å². The third kappa shape index (κ3) is 4.92. The molecule has 0 radical (unpaired) electrons. The molecule has 0 aliphatic rings. The van der Waals surface area contributed by atoms with Crippen molar-refractivity contribution in [2.45, 2.75) is 39.3 Å². The van der Waals surface area contributed by atoms with Crippen molar-refractivity contribution in [2.24, 2.45) is 0 Å². The summed E-state index contributed by atoms with van der Waals surface area (Å²) in [5.41, 5.74) is 2.74. The fourth-order valence-electron chi connectivity index (χ4n) is 2.96. The van der Waals surface area contributed by atoms with Crippen LogP contribution in [0.2, 0.25) is 39.3 Å². The van der Waals surface area contributed by atoms with E-state index in [1.807, 2.05) is 0 Å². The molecule has 0 fully saturated rings. The number of hydrogen-bond acceptors (Lipinski definition) is 0. The minimum atomic E-state index is -1.42. The van der Waals surface area contributed by atoms with E-state index >= 15 is 0 Å². The van der Waals surface area contributed by atoms with E-state index in [-0.39, 0.29) is 0 Å². The molecule has 2 aromatic rings. The molecular formula is C22H30Si2. The monoisotopic (exact) mass is 350 g/mol. The van der Waals surface area contributed by atoms with Gasteiger partial charge >= 0.3 is 0 Å². The van der Waals surface area contributed by atoms with Crippen molar-refractivity contribution < 1.29 is 0 Å². The average Bonchev–Trinajstić information content (AvgIpc) is 2.51. The number of benzene rings is 2. The summed E-state index contributed by atoms with van der Waals surface area (Å²) in [6, 6.07) is 21.7. The van der Waals surface area contributed by atoms with Crippen LogP contribution >= 0.6 is 0 Å². The van der Waals surface area contributed by atoms with Crippen molar-refractivity contribution in [3.05, 3.63) is 83.9 Å². The van der Waals surface area contributed by atoms with E-state index in [9.17, 15) is 0 Å². The second-order valence-electron chi connectivity index (χ2n) is 8.39. The molecule has 0 spiro atoms. The summed E-state index contributed by atoms with van der Waals surface area (Å²) in [6.07, 6.45) is 4.81. The van der Waals surface area contributed by atoms with E-state index in [0.717, 1.165) is 0 Å². The van der Waals surface area contributed by atoms with E-state index in [1.54, 1.807) is 0 Å². The Morgan fingerprint density at radius 2 is 0.833 bits per heavy atom. The Kier molecular flexibility index (Phi) is 5.84. The van der Waals surface area contributed by atoms with Gasteiger partial charge in [0.25, 0.3) is 0 Å². The highest BCUT2D eigenvalue weighted by molar-refractivity contribution is 6.94. The van der Waals surface area contributed by atoms with Gasteiger partial charge in [-0.15, -0.1) is 0 Å². The highest BCUT2D eigenvalue weighted by atomic mass is 28.3. The van der Waals surface area contributed by atoms with Gasteiger partial charge in [0.15, 0.2) is 0 Å². The predicted molar refractivity (Wildman–Crippen MR) is 116 cm³/mol. The molecule has 0 N–H and O–H groups in total.